The Morgan fingerprint density at radius 2 is 1.83 bits per heavy atom. The topological polar surface area (TPSA) is 56.6 Å². The Morgan fingerprint density at radius 1 is 1.09 bits per heavy atom. The zero-order valence-electron chi connectivity index (χ0n) is 18.7. The van der Waals surface area contributed by atoms with Crippen LogP contribution in [0.4, 0.5) is 10.1 Å². The number of nitriles is 1. The molecule has 0 aromatic heterocycles. The van der Waals surface area contributed by atoms with Crippen molar-refractivity contribution in [1.82, 2.24) is 4.90 Å². The normalized spacial score (nSPS) is 17.7. The Kier molecular flexibility index (Phi) is 6.67. The first-order valence-electron chi connectivity index (χ1n) is 11.1. The summed E-state index contributed by atoms with van der Waals surface area (Å²) < 4.78 is 20.1. The SMILES string of the molecule is N#CC1=C2SCN(c3ccccc3F)CN2C(=O)CC1c1ccc(OCc2ccc(Cl)cc2)cc1. The molecule has 5 rings (SSSR count). The number of thioether (sulfide) groups is 1. The lowest BCUT2D eigenvalue weighted by Gasteiger charge is -2.42. The van der Waals surface area contributed by atoms with E-state index in [0.717, 1.165) is 11.1 Å². The second-order valence-electron chi connectivity index (χ2n) is 8.30. The summed E-state index contributed by atoms with van der Waals surface area (Å²) in [6.45, 7) is 0.632. The van der Waals surface area contributed by atoms with E-state index in [-0.39, 0.29) is 30.7 Å². The van der Waals surface area contributed by atoms with Crippen LogP contribution in [0.1, 0.15) is 23.5 Å². The van der Waals surface area contributed by atoms with Crippen molar-refractivity contribution in [3.05, 3.63) is 105 Å². The Hall–Kier alpha value is -3.47. The van der Waals surface area contributed by atoms with Gasteiger partial charge in [0.15, 0.2) is 0 Å². The molecule has 1 amide bonds. The minimum Gasteiger partial charge on any atom is -0.489 e. The Balaban J connectivity index is 1.33. The van der Waals surface area contributed by atoms with Gasteiger partial charge in [-0.05, 0) is 47.5 Å². The third-order valence-corrected chi connectivity index (χ3v) is 7.49. The fourth-order valence-electron chi connectivity index (χ4n) is 4.25. The number of hydrogen-bond donors (Lipinski definition) is 0. The van der Waals surface area contributed by atoms with Gasteiger partial charge in [0.25, 0.3) is 0 Å². The first-order chi connectivity index (χ1) is 17.0. The van der Waals surface area contributed by atoms with Crippen LogP contribution in [-0.4, -0.2) is 23.4 Å². The van der Waals surface area contributed by atoms with Crippen molar-refractivity contribution in [3.63, 3.8) is 0 Å². The summed E-state index contributed by atoms with van der Waals surface area (Å²) in [5, 5.41) is 11.3. The Labute approximate surface area is 212 Å². The molecule has 1 fully saturated rings. The number of allylic oxidation sites excluding steroid dienone is 1. The lowest BCUT2D eigenvalue weighted by atomic mass is 9.86. The maximum Gasteiger partial charge on any atom is 0.229 e. The number of ether oxygens (including phenoxy) is 1. The number of rotatable bonds is 5. The molecule has 0 N–H and O–H groups in total. The van der Waals surface area contributed by atoms with Crippen molar-refractivity contribution >= 4 is 35.0 Å². The standard InChI is InChI=1S/C27H21ClFN3O2S/c28-20-9-5-18(6-10-20)15-34-21-11-7-19(8-12-21)22-13-26(33)32-16-31(17-35-27(32)23(22)14-30)25-4-2-1-3-24(25)29/h1-12,22H,13,15-17H2. The van der Waals surface area contributed by atoms with Crippen LogP contribution in [0.25, 0.3) is 0 Å². The maximum absolute atomic E-state index is 14.3. The Morgan fingerprint density at radius 3 is 2.54 bits per heavy atom. The van der Waals surface area contributed by atoms with Gasteiger partial charge in [0.05, 0.1) is 34.9 Å². The first kappa shape index (κ1) is 23.3. The molecular weight excluding hydrogens is 485 g/mol. The van der Waals surface area contributed by atoms with E-state index in [4.69, 9.17) is 16.3 Å². The van der Waals surface area contributed by atoms with Crippen molar-refractivity contribution in [1.29, 1.82) is 5.26 Å². The van der Waals surface area contributed by atoms with Crippen molar-refractivity contribution in [2.45, 2.75) is 18.9 Å². The molecule has 2 aliphatic rings. The molecule has 1 atom stereocenters. The molecule has 0 spiro atoms. The minimum atomic E-state index is -0.332. The summed E-state index contributed by atoms with van der Waals surface area (Å²) in [6, 6.07) is 23.8. The van der Waals surface area contributed by atoms with Crippen molar-refractivity contribution in [2.24, 2.45) is 0 Å². The summed E-state index contributed by atoms with van der Waals surface area (Å²) in [7, 11) is 0. The maximum atomic E-state index is 14.3. The number of carbonyl (C=O) groups excluding carboxylic acids is 1. The summed E-state index contributed by atoms with van der Waals surface area (Å²) in [4.78, 5) is 16.5. The van der Waals surface area contributed by atoms with E-state index >= 15 is 0 Å². The molecule has 176 valence electrons. The van der Waals surface area contributed by atoms with Crippen LogP contribution in [0, 0.1) is 17.1 Å². The van der Waals surface area contributed by atoms with Crippen LogP contribution in [0.5, 0.6) is 5.75 Å². The molecule has 1 saturated heterocycles. The molecule has 3 aromatic rings. The average Bonchev–Trinajstić information content (AvgIpc) is 2.89. The van der Waals surface area contributed by atoms with Gasteiger partial charge in [-0.1, -0.05) is 59.8 Å². The van der Waals surface area contributed by atoms with Crippen molar-refractivity contribution < 1.29 is 13.9 Å². The predicted octanol–water partition coefficient (Wildman–Crippen LogP) is 6.28. The zero-order valence-corrected chi connectivity index (χ0v) is 20.2. The number of halogens is 2. The molecule has 3 aromatic carbocycles. The van der Waals surface area contributed by atoms with Gasteiger partial charge in [0.2, 0.25) is 5.91 Å². The molecule has 5 nitrogen and oxygen atoms in total. The molecule has 0 radical (unpaired) electrons. The summed E-state index contributed by atoms with van der Waals surface area (Å²) in [5.41, 5.74) is 2.91. The van der Waals surface area contributed by atoms with Gasteiger partial charge < -0.3 is 9.64 Å². The minimum absolute atomic E-state index is 0.0828. The van der Waals surface area contributed by atoms with Crippen LogP contribution in [0.2, 0.25) is 5.02 Å². The highest BCUT2D eigenvalue weighted by molar-refractivity contribution is 8.03. The third-order valence-electron chi connectivity index (χ3n) is 6.09. The van der Waals surface area contributed by atoms with Gasteiger partial charge in [-0.15, -0.1) is 0 Å². The number of nitrogens with zero attached hydrogens (tertiary/aromatic N) is 3. The quantitative estimate of drug-likeness (QED) is 0.408. The first-order valence-corrected chi connectivity index (χ1v) is 12.4. The molecule has 2 heterocycles. The monoisotopic (exact) mass is 505 g/mol. The van der Waals surface area contributed by atoms with Gasteiger partial charge in [-0.2, -0.15) is 5.26 Å². The smallest absolute Gasteiger partial charge is 0.229 e. The fraction of sp³-hybridized carbons (Fsp3) is 0.185. The van der Waals surface area contributed by atoms with Gasteiger partial charge in [-0.3, -0.25) is 9.69 Å². The van der Waals surface area contributed by atoms with E-state index in [0.29, 0.717) is 39.5 Å². The number of benzene rings is 3. The van der Waals surface area contributed by atoms with E-state index in [9.17, 15) is 14.4 Å². The summed E-state index contributed by atoms with van der Waals surface area (Å²) in [5.74, 6) is 0.417. The molecule has 0 aliphatic carbocycles. The molecule has 0 saturated carbocycles. The zero-order chi connectivity index (χ0) is 24.4. The van der Waals surface area contributed by atoms with Crippen molar-refractivity contribution in [3.8, 4) is 11.8 Å². The Bertz CT molecular complexity index is 1320. The van der Waals surface area contributed by atoms with Gasteiger partial charge in [0.1, 0.15) is 18.2 Å². The molecule has 2 aliphatic heterocycles. The van der Waals surface area contributed by atoms with Gasteiger partial charge in [0, 0.05) is 17.4 Å². The van der Waals surface area contributed by atoms with Crippen LogP contribution >= 0.6 is 23.4 Å². The average molecular weight is 506 g/mol. The summed E-state index contributed by atoms with van der Waals surface area (Å²) in [6.07, 6.45) is 0.184. The molecule has 8 heteroatoms. The van der Waals surface area contributed by atoms with Gasteiger partial charge >= 0.3 is 0 Å². The van der Waals surface area contributed by atoms with Crippen molar-refractivity contribution in [2.75, 3.05) is 17.4 Å². The van der Waals surface area contributed by atoms with E-state index in [1.807, 2.05) is 53.4 Å². The van der Waals surface area contributed by atoms with Crippen LogP contribution in [-0.2, 0) is 11.4 Å². The van der Waals surface area contributed by atoms with E-state index in [1.165, 1.54) is 17.8 Å². The van der Waals surface area contributed by atoms with E-state index in [2.05, 4.69) is 6.07 Å². The number of carbonyl (C=O) groups is 1. The number of amides is 1. The lowest BCUT2D eigenvalue weighted by Crippen LogP contribution is -2.47. The third kappa shape index (κ3) is 4.86. The molecule has 0 bridgehead atoms. The van der Waals surface area contributed by atoms with E-state index < -0.39 is 0 Å². The number of anilines is 1. The molecule has 1 unspecified atom stereocenters. The number of fused-ring (bicyclic) bond motifs is 1. The van der Waals surface area contributed by atoms with Crippen LogP contribution in [0.15, 0.2) is 83.4 Å². The van der Waals surface area contributed by atoms with E-state index in [1.54, 1.807) is 23.1 Å². The lowest BCUT2D eigenvalue weighted by molar-refractivity contribution is -0.129. The highest BCUT2D eigenvalue weighted by atomic mass is 35.5. The number of para-hydroxylation sites is 1. The predicted molar refractivity (Wildman–Crippen MR) is 135 cm³/mol. The fourth-order valence-corrected chi connectivity index (χ4v) is 5.54. The summed E-state index contributed by atoms with van der Waals surface area (Å²) >= 11 is 7.32. The molecular formula is C27H21ClFN3O2S. The highest BCUT2D eigenvalue weighted by Gasteiger charge is 2.38. The second kappa shape index (κ2) is 10.0. The second-order valence-corrected chi connectivity index (χ2v) is 9.67. The van der Waals surface area contributed by atoms with Crippen LogP contribution < -0.4 is 9.64 Å². The number of hydrogen-bond acceptors (Lipinski definition) is 5. The highest BCUT2D eigenvalue weighted by Crippen LogP contribution is 2.43. The van der Waals surface area contributed by atoms with Crippen LogP contribution in [0.3, 0.4) is 0 Å². The molecule has 35 heavy (non-hydrogen) atoms. The van der Waals surface area contributed by atoms with Gasteiger partial charge in [-0.25, -0.2) is 4.39 Å². The largest absolute Gasteiger partial charge is 0.489 e.